The Balaban J connectivity index is 1.68. The second kappa shape index (κ2) is 5.48. The molecule has 6 rings (SSSR count). The SMILES string of the molecule is O=C(Cl)C12C3CCCCC3C(C3CCCCC31)C1CCCCC12. The summed E-state index contributed by atoms with van der Waals surface area (Å²) in [6.45, 7) is 0. The summed E-state index contributed by atoms with van der Waals surface area (Å²) in [5, 5.41) is 0.0985. The second-order valence-corrected chi connectivity index (χ2v) is 9.79. The van der Waals surface area contributed by atoms with Crippen molar-refractivity contribution in [3.05, 3.63) is 0 Å². The molecule has 0 aromatic carbocycles. The third-order valence-corrected chi connectivity index (χ3v) is 9.45. The van der Waals surface area contributed by atoms with Crippen molar-refractivity contribution in [3.63, 3.8) is 0 Å². The summed E-state index contributed by atoms with van der Waals surface area (Å²) in [6.07, 6.45) is 16.3. The van der Waals surface area contributed by atoms with Crippen LogP contribution in [0, 0.1) is 46.8 Å². The first kappa shape index (κ1) is 15.2. The van der Waals surface area contributed by atoms with Gasteiger partial charge in [0, 0.05) is 0 Å². The lowest BCUT2D eigenvalue weighted by molar-refractivity contribution is -0.235. The van der Waals surface area contributed by atoms with Crippen molar-refractivity contribution in [2.45, 2.75) is 77.0 Å². The van der Waals surface area contributed by atoms with E-state index in [-0.39, 0.29) is 10.7 Å². The highest BCUT2D eigenvalue weighted by molar-refractivity contribution is 6.64. The summed E-state index contributed by atoms with van der Waals surface area (Å²) in [6, 6.07) is 0. The first-order chi connectivity index (χ1) is 11.3. The van der Waals surface area contributed by atoms with Crippen LogP contribution in [-0.4, -0.2) is 5.24 Å². The molecule has 6 unspecified atom stereocenters. The molecule has 0 N–H and O–H groups in total. The van der Waals surface area contributed by atoms with E-state index in [1.165, 1.54) is 77.0 Å². The third-order valence-electron chi connectivity index (χ3n) is 9.12. The maximum absolute atomic E-state index is 13.1. The van der Waals surface area contributed by atoms with Gasteiger partial charge in [0.25, 0.3) is 0 Å². The molecule has 23 heavy (non-hydrogen) atoms. The summed E-state index contributed by atoms with van der Waals surface area (Å²) in [5.41, 5.74) is -0.114. The Kier molecular flexibility index (Phi) is 3.63. The van der Waals surface area contributed by atoms with Crippen LogP contribution in [0.2, 0.25) is 0 Å². The van der Waals surface area contributed by atoms with Gasteiger partial charge in [0.1, 0.15) is 0 Å². The number of hydrogen-bond donors (Lipinski definition) is 0. The van der Waals surface area contributed by atoms with Gasteiger partial charge in [-0.1, -0.05) is 38.5 Å². The number of halogens is 1. The predicted octanol–water partition coefficient (Wildman–Crippen LogP) is 5.80. The van der Waals surface area contributed by atoms with E-state index in [2.05, 4.69) is 0 Å². The van der Waals surface area contributed by atoms with Gasteiger partial charge in [-0.25, -0.2) is 0 Å². The number of carbonyl (C=O) groups excluding carboxylic acids is 1. The minimum atomic E-state index is -0.114. The van der Waals surface area contributed by atoms with Crippen molar-refractivity contribution < 1.29 is 4.79 Å². The molecule has 6 aliphatic rings. The number of carbonyl (C=O) groups is 1. The van der Waals surface area contributed by atoms with Gasteiger partial charge in [-0.15, -0.1) is 0 Å². The number of rotatable bonds is 1. The van der Waals surface area contributed by atoms with Crippen molar-refractivity contribution in [1.29, 1.82) is 0 Å². The largest absolute Gasteiger partial charge is 0.281 e. The molecule has 0 saturated heterocycles. The highest BCUT2D eigenvalue weighted by Gasteiger charge is 2.71. The Morgan fingerprint density at radius 2 is 1.00 bits per heavy atom. The standard InChI is InChI=1S/C21H31ClO/c22-20(23)21-16-10-4-1-7-13(16)19(14-8-2-5-11-17(14)21)15-9-3-6-12-18(15)21/h13-19H,1-12H2. The average Bonchev–Trinajstić information content (AvgIpc) is 2.61. The van der Waals surface area contributed by atoms with Crippen LogP contribution < -0.4 is 0 Å². The van der Waals surface area contributed by atoms with Crippen LogP contribution in [-0.2, 0) is 4.79 Å². The van der Waals surface area contributed by atoms with Crippen molar-refractivity contribution in [1.82, 2.24) is 0 Å². The molecule has 0 radical (unpaired) electrons. The molecule has 6 atom stereocenters. The Hall–Kier alpha value is -0.0400. The van der Waals surface area contributed by atoms with Crippen LogP contribution in [0.5, 0.6) is 0 Å². The summed E-state index contributed by atoms with van der Waals surface area (Å²) >= 11 is 6.56. The summed E-state index contributed by atoms with van der Waals surface area (Å²) in [5.74, 6) is 5.40. The van der Waals surface area contributed by atoms with Gasteiger partial charge >= 0.3 is 0 Å². The minimum Gasteiger partial charge on any atom is -0.281 e. The van der Waals surface area contributed by atoms with Gasteiger partial charge in [-0.2, -0.15) is 0 Å². The molecule has 0 spiro atoms. The molecule has 0 aromatic heterocycles. The van der Waals surface area contributed by atoms with Crippen molar-refractivity contribution in [3.8, 4) is 0 Å². The smallest absolute Gasteiger partial charge is 0.228 e. The molecule has 6 fully saturated rings. The van der Waals surface area contributed by atoms with Crippen LogP contribution in [0.15, 0.2) is 0 Å². The topological polar surface area (TPSA) is 17.1 Å². The van der Waals surface area contributed by atoms with Gasteiger partial charge in [0.15, 0.2) is 0 Å². The molecular weight excluding hydrogens is 304 g/mol. The lowest BCUT2D eigenvalue weighted by atomic mass is 9.32. The van der Waals surface area contributed by atoms with Gasteiger partial charge in [-0.05, 0) is 91.6 Å². The molecule has 2 bridgehead atoms. The van der Waals surface area contributed by atoms with Crippen molar-refractivity contribution >= 4 is 16.8 Å². The molecule has 128 valence electrons. The maximum atomic E-state index is 13.1. The maximum Gasteiger partial charge on any atom is 0.228 e. The zero-order valence-corrected chi connectivity index (χ0v) is 15.1. The fraction of sp³-hybridized carbons (Fsp3) is 0.952. The van der Waals surface area contributed by atoms with Crippen molar-refractivity contribution in [2.75, 3.05) is 0 Å². The van der Waals surface area contributed by atoms with Gasteiger partial charge in [-0.3, -0.25) is 4.79 Å². The van der Waals surface area contributed by atoms with Crippen molar-refractivity contribution in [2.24, 2.45) is 46.8 Å². The highest BCUT2D eigenvalue weighted by atomic mass is 35.5. The van der Waals surface area contributed by atoms with Crippen LogP contribution in [0.4, 0.5) is 0 Å². The van der Waals surface area contributed by atoms with E-state index in [0.717, 1.165) is 23.7 Å². The van der Waals surface area contributed by atoms with Gasteiger partial charge in [0.2, 0.25) is 5.24 Å². The van der Waals surface area contributed by atoms with E-state index in [4.69, 9.17) is 11.6 Å². The first-order valence-corrected chi connectivity index (χ1v) is 10.8. The Morgan fingerprint density at radius 1 is 0.652 bits per heavy atom. The molecule has 2 heteroatoms. The predicted molar refractivity (Wildman–Crippen MR) is 93.1 cm³/mol. The quantitative estimate of drug-likeness (QED) is 0.554. The Morgan fingerprint density at radius 3 is 1.35 bits per heavy atom. The fourth-order valence-electron chi connectivity index (χ4n) is 8.85. The molecule has 0 amide bonds. The van der Waals surface area contributed by atoms with Gasteiger partial charge < -0.3 is 0 Å². The monoisotopic (exact) mass is 334 g/mol. The van der Waals surface area contributed by atoms with Gasteiger partial charge in [0.05, 0.1) is 5.41 Å². The first-order valence-electron chi connectivity index (χ1n) is 10.5. The molecule has 0 aromatic rings. The lowest BCUT2D eigenvalue weighted by Gasteiger charge is -2.71. The van der Waals surface area contributed by atoms with E-state index in [1.54, 1.807) is 0 Å². The summed E-state index contributed by atoms with van der Waals surface area (Å²) in [7, 11) is 0. The summed E-state index contributed by atoms with van der Waals surface area (Å²) in [4.78, 5) is 13.1. The molecule has 0 aliphatic heterocycles. The molecule has 6 saturated carbocycles. The zero-order valence-electron chi connectivity index (χ0n) is 14.3. The van der Waals surface area contributed by atoms with E-state index in [0.29, 0.717) is 17.8 Å². The van der Waals surface area contributed by atoms with E-state index >= 15 is 0 Å². The van der Waals surface area contributed by atoms with Crippen LogP contribution in [0.1, 0.15) is 77.0 Å². The third kappa shape index (κ3) is 1.84. The normalized spacial score (nSPS) is 54.7. The molecule has 1 nitrogen and oxygen atoms in total. The second-order valence-electron chi connectivity index (χ2n) is 9.45. The highest BCUT2D eigenvalue weighted by Crippen LogP contribution is 2.74. The fourth-order valence-corrected chi connectivity index (χ4v) is 9.28. The molecular formula is C21H31ClO. The Labute approximate surface area is 145 Å². The van der Waals surface area contributed by atoms with Crippen LogP contribution >= 0.6 is 11.6 Å². The summed E-state index contributed by atoms with van der Waals surface area (Å²) < 4.78 is 0. The zero-order chi connectivity index (χ0) is 15.6. The van der Waals surface area contributed by atoms with E-state index in [9.17, 15) is 4.79 Å². The molecule has 0 heterocycles. The van der Waals surface area contributed by atoms with E-state index < -0.39 is 0 Å². The average molecular weight is 335 g/mol. The minimum absolute atomic E-state index is 0.0985. The number of hydrogen-bond acceptors (Lipinski definition) is 1. The molecule has 6 aliphatic carbocycles. The van der Waals surface area contributed by atoms with Crippen LogP contribution in [0.25, 0.3) is 0 Å². The Bertz CT molecular complexity index is 440. The van der Waals surface area contributed by atoms with E-state index in [1.807, 2.05) is 0 Å². The lowest BCUT2D eigenvalue weighted by Crippen LogP contribution is -2.69. The van der Waals surface area contributed by atoms with Crippen LogP contribution in [0.3, 0.4) is 0 Å².